The predicted octanol–water partition coefficient (Wildman–Crippen LogP) is 4.94. The first-order chi connectivity index (χ1) is 7.31. The van der Waals surface area contributed by atoms with E-state index < -0.39 is 17.4 Å². The molecule has 0 atom stereocenters. The van der Waals surface area contributed by atoms with Crippen LogP contribution in [0.1, 0.15) is 26.7 Å². The molecule has 0 aliphatic heterocycles. The molecular formula is C14H24Br2SiZr. The third-order valence-corrected chi connectivity index (χ3v) is 21.8. The summed E-state index contributed by atoms with van der Waals surface area (Å²) in [5.74, 6) is 0. The van der Waals surface area contributed by atoms with E-state index >= 15 is 0 Å². The second kappa shape index (κ2) is 6.20. The maximum absolute atomic E-state index is 2.75. The minimum absolute atomic E-state index is 0. The second-order valence-electron chi connectivity index (χ2n) is 6.22. The molecule has 0 heterocycles. The Bertz CT molecular complexity index is 488. The van der Waals surface area contributed by atoms with Gasteiger partial charge in [0.15, 0.2) is 0 Å². The molecule has 0 nitrogen and oxygen atoms in total. The molecule has 18 heavy (non-hydrogen) atoms. The van der Waals surface area contributed by atoms with Gasteiger partial charge in [0, 0.05) is 0 Å². The fourth-order valence-electron chi connectivity index (χ4n) is 3.33. The first kappa shape index (κ1) is 19.0. The van der Waals surface area contributed by atoms with E-state index in [0.29, 0.717) is 0 Å². The van der Waals surface area contributed by atoms with Gasteiger partial charge in [0.05, 0.1) is 0 Å². The quantitative estimate of drug-likeness (QED) is 0.501. The number of allylic oxidation sites excluding steroid dienone is 8. The van der Waals surface area contributed by atoms with E-state index in [1.165, 1.54) is 12.8 Å². The van der Waals surface area contributed by atoms with Gasteiger partial charge in [-0.1, -0.05) is 0 Å². The third-order valence-electron chi connectivity index (χ3n) is 4.27. The number of hydrogen-bond donors (Lipinski definition) is 0. The summed E-state index contributed by atoms with van der Waals surface area (Å²) in [6.07, 6.45) is 11.8. The van der Waals surface area contributed by atoms with Gasteiger partial charge < -0.3 is 0 Å². The zero-order valence-corrected chi connectivity index (χ0v) is 19.0. The molecule has 0 bridgehead atoms. The first-order valence-corrected chi connectivity index (χ1v) is 19.4. The molecule has 0 saturated heterocycles. The van der Waals surface area contributed by atoms with Crippen LogP contribution >= 0.6 is 34.0 Å². The molecule has 4 heteroatoms. The average Bonchev–Trinajstić information content (AvgIpc) is 2.73. The van der Waals surface area contributed by atoms with Crippen LogP contribution in [0.3, 0.4) is 0 Å². The molecular weight excluding hydrogens is 447 g/mol. The summed E-state index contributed by atoms with van der Waals surface area (Å²) in [4.78, 5) is 0. The van der Waals surface area contributed by atoms with Gasteiger partial charge in [-0.15, -0.1) is 34.0 Å². The first-order valence-electron chi connectivity index (χ1n) is 6.12. The summed E-state index contributed by atoms with van der Waals surface area (Å²) in [6, 6.07) is 0. The normalized spacial score (nSPS) is 19.2. The fraction of sp³-hybridized carbons (Fsp3) is 0.429. The van der Waals surface area contributed by atoms with E-state index in [1.807, 2.05) is 0 Å². The van der Waals surface area contributed by atoms with Gasteiger partial charge >= 0.3 is 102 Å². The Kier molecular flexibility index (Phi) is 6.55. The van der Waals surface area contributed by atoms with Crippen molar-refractivity contribution in [3.05, 3.63) is 42.0 Å². The molecule has 0 aromatic heterocycles. The molecule has 0 radical (unpaired) electrons. The van der Waals surface area contributed by atoms with Crippen LogP contribution in [-0.4, -0.2) is 6.88 Å². The molecule has 0 spiro atoms. The SMILES string of the molecule is Br.Br.CC1=[C]([Zr]([CH3])([CH3])(=[SiH2])[C]2=C(C)C=CC2)CC=C1. The summed E-state index contributed by atoms with van der Waals surface area (Å²) in [5, 5.41) is 0. The Morgan fingerprint density at radius 1 is 0.889 bits per heavy atom. The van der Waals surface area contributed by atoms with Crippen LogP contribution in [-0.2, 0) is 17.4 Å². The van der Waals surface area contributed by atoms with Gasteiger partial charge in [-0.3, -0.25) is 0 Å². The molecule has 0 aromatic rings. The maximum atomic E-state index is 2.61. The van der Waals surface area contributed by atoms with Crippen molar-refractivity contribution in [2.45, 2.75) is 36.0 Å². The Morgan fingerprint density at radius 2 is 1.22 bits per heavy atom. The van der Waals surface area contributed by atoms with Crippen LogP contribution in [0.25, 0.3) is 0 Å². The summed E-state index contributed by atoms with van der Waals surface area (Å²) >= 11 is -2.75. The number of rotatable bonds is 2. The Labute approximate surface area is 135 Å². The van der Waals surface area contributed by atoms with E-state index in [2.05, 4.69) is 54.3 Å². The fourth-order valence-corrected chi connectivity index (χ4v) is 19.7. The van der Waals surface area contributed by atoms with Crippen LogP contribution < -0.4 is 0 Å². The molecule has 102 valence electrons. The Morgan fingerprint density at radius 3 is 1.44 bits per heavy atom. The van der Waals surface area contributed by atoms with Gasteiger partial charge in [0.2, 0.25) is 0 Å². The number of hydrogen-bond acceptors (Lipinski definition) is 0. The molecule has 0 amide bonds. The van der Waals surface area contributed by atoms with Crippen molar-refractivity contribution in [2.75, 3.05) is 0 Å². The van der Waals surface area contributed by atoms with E-state index in [-0.39, 0.29) is 34.0 Å². The monoisotopic (exact) mass is 468 g/mol. The zero-order chi connectivity index (χ0) is 12.0. The molecule has 0 fully saturated rings. The van der Waals surface area contributed by atoms with Crippen molar-refractivity contribution in [3.63, 3.8) is 0 Å². The van der Waals surface area contributed by atoms with E-state index in [4.69, 9.17) is 0 Å². The molecule has 2 rings (SSSR count). The van der Waals surface area contributed by atoms with Crippen LogP contribution in [0.5, 0.6) is 0 Å². The van der Waals surface area contributed by atoms with Gasteiger partial charge in [-0.25, -0.2) is 0 Å². The van der Waals surface area contributed by atoms with Crippen LogP contribution in [0.15, 0.2) is 42.0 Å². The van der Waals surface area contributed by atoms with E-state index in [0.717, 1.165) is 0 Å². The van der Waals surface area contributed by atoms with Crippen LogP contribution in [0, 0.1) is 0 Å². The van der Waals surface area contributed by atoms with Crippen molar-refractivity contribution < 1.29 is 17.4 Å². The third kappa shape index (κ3) is 3.19. The van der Waals surface area contributed by atoms with Crippen molar-refractivity contribution in [3.8, 4) is 0 Å². The van der Waals surface area contributed by atoms with Gasteiger partial charge in [-0.2, -0.15) is 0 Å². The second-order valence-corrected chi connectivity index (χ2v) is 34.9. The molecule has 2 aliphatic carbocycles. The Balaban J connectivity index is 0.00000144. The summed E-state index contributed by atoms with van der Waals surface area (Å²) in [5.41, 5.74) is 3.11. The topological polar surface area (TPSA) is 0 Å². The summed E-state index contributed by atoms with van der Waals surface area (Å²) in [7, 11) is 0. The Hall–Kier alpha value is 1.02. The minimum atomic E-state index is -2.75. The van der Waals surface area contributed by atoms with Crippen molar-refractivity contribution >= 4 is 40.8 Å². The van der Waals surface area contributed by atoms with Crippen molar-refractivity contribution in [2.24, 2.45) is 0 Å². The number of halogens is 2. The van der Waals surface area contributed by atoms with Gasteiger partial charge in [0.1, 0.15) is 0 Å². The molecule has 2 aliphatic rings. The zero-order valence-electron chi connectivity index (χ0n) is 11.7. The van der Waals surface area contributed by atoms with Crippen molar-refractivity contribution in [1.82, 2.24) is 0 Å². The summed E-state index contributed by atoms with van der Waals surface area (Å²) < 4.78 is 8.82. The standard InChI is InChI=1S/2C6H7.2CH3.2BrH.H2Si.Zr/c2*1-6-4-2-3-5-6;;;;;;/h2*2,4H,3H2,1H3;2*1H3;2*1H;1H2;. The van der Waals surface area contributed by atoms with Crippen LogP contribution in [0.2, 0.25) is 9.26 Å². The van der Waals surface area contributed by atoms with Gasteiger partial charge in [-0.05, 0) is 0 Å². The van der Waals surface area contributed by atoms with Crippen molar-refractivity contribution in [1.29, 1.82) is 0 Å². The van der Waals surface area contributed by atoms with E-state index in [9.17, 15) is 0 Å². The predicted molar refractivity (Wildman–Crippen MR) is 93.8 cm³/mol. The van der Waals surface area contributed by atoms with E-state index in [1.54, 1.807) is 17.7 Å². The molecule has 0 unspecified atom stereocenters. The molecule has 0 N–H and O–H groups in total. The average molecular weight is 471 g/mol. The summed E-state index contributed by atoms with van der Waals surface area (Å²) in [6.45, 7) is 6.95. The molecule has 0 aromatic carbocycles. The molecule has 0 saturated carbocycles. The van der Waals surface area contributed by atoms with Gasteiger partial charge in [0.25, 0.3) is 0 Å². The van der Waals surface area contributed by atoms with Crippen LogP contribution in [0.4, 0.5) is 0 Å².